The Labute approximate surface area is 155 Å². The minimum atomic E-state index is -0.635. The summed E-state index contributed by atoms with van der Waals surface area (Å²) in [5, 5.41) is 2.74. The van der Waals surface area contributed by atoms with Crippen molar-refractivity contribution >= 4 is 29.2 Å². The summed E-state index contributed by atoms with van der Waals surface area (Å²) in [7, 11) is 0. The van der Waals surface area contributed by atoms with Crippen molar-refractivity contribution in [3.63, 3.8) is 0 Å². The van der Waals surface area contributed by atoms with Crippen molar-refractivity contribution in [2.45, 2.75) is 26.3 Å². The molecule has 0 atom stereocenters. The van der Waals surface area contributed by atoms with E-state index in [-0.39, 0.29) is 17.4 Å². The first-order valence-corrected chi connectivity index (χ1v) is 8.54. The molecule has 0 spiro atoms. The fraction of sp³-hybridized carbons (Fsp3) is 0.200. The zero-order valence-electron chi connectivity index (χ0n) is 15.2. The molecule has 3 amide bonds. The molecule has 4 rings (SSSR count). The smallest absolute Gasteiger partial charge is 0.262 e. The van der Waals surface area contributed by atoms with E-state index in [9.17, 15) is 14.4 Å². The number of amides is 3. The highest BCUT2D eigenvalue weighted by Gasteiger charge is 2.42. The molecule has 0 aliphatic carbocycles. The molecule has 0 saturated heterocycles. The summed E-state index contributed by atoms with van der Waals surface area (Å²) in [5.74, 6) is -0.740. The van der Waals surface area contributed by atoms with Crippen LogP contribution < -0.4 is 5.32 Å². The van der Waals surface area contributed by atoms with Crippen LogP contribution in [0.1, 0.15) is 51.8 Å². The number of hydrogen-bond donors (Lipinski definition) is 1. The quantitative estimate of drug-likeness (QED) is 0.711. The molecule has 3 aromatic rings. The van der Waals surface area contributed by atoms with E-state index in [1.165, 1.54) is 17.0 Å². The molecule has 1 aliphatic heterocycles. The highest BCUT2D eigenvalue weighted by molar-refractivity contribution is 6.22. The number of nitrogens with zero attached hydrogens (tertiary/aromatic N) is 3. The van der Waals surface area contributed by atoms with Gasteiger partial charge in [0.1, 0.15) is 0 Å². The Balaban J connectivity index is 1.65. The number of hydrogen-bond acceptors (Lipinski definition) is 4. The monoisotopic (exact) mass is 362 g/mol. The van der Waals surface area contributed by atoms with Gasteiger partial charge in [0, 0.05) is 17.3 Å². The van der Waals surface area contributed by atoms with E-state index < -0.39 is 11.4 Å². The van der Waals surface area contributed by atoms with E-state index in [0.29, 0.717) is 17.1 Å². The van der Waals surface area contributed by atoms with Crippen LogP contribution >= 0.6 is 0 Å². The predicted molar refractivity (Wildman–Crippen MR) is 99.8 cm³/mol. The standard InChI is InChI=1S/C20H18N4O3/c1-20(2,3)24-17(26)14-8-7-12(10-15(14)18(24)27)16(25)22-19-21-11-13-6-4-5-9-23(13)19/h4-11H,1-3H3,(H,21,22,25). The Morgan fingerprint density at radius 2 is 1.78 bits per heavy atom. The van der Waals surface area contributed by atoms with Crippen molar-refractivity contribution in [3.05, 3.63) is 65.5 Å². The van der Waals surface area contributed by atoms with Gasteiger partial charge in [-0.25, -0.2) is 4.98 Å². The second-order valence-corrected chi connectivity index (χ2v) is 7.41. The van der Waals surface area contributed by atoms with Gasteiger partial charge in [0.15, 0.2) is 0 Å². The van der Waals surface area contributed by atoms with Gasteiger partial charge in [-0.15, -0.1) is 0 Å². The molecule has 0 unspecified atom stereocenters. The lowest BCUT2D eigenvalue weighted by Gasteiger charge is -2.29. The zero-order valence-corrected chi connectivity index (χ0v) is 15.2. The molecule has 1 aliphatic rings. The van der Waals surface area contributed by atoms with Gasteiger partial charge in [-0.05, 0) is 51.1 Å². The Kier molecular flexibility index (Phi) is 3.62. The number of anilines is 1. The largest absolute Gasteiger partial charge is 0.292 e. The fourth-order valence-electron chi connectivity index (χ4n) is 3.20. The molecule has 7 nitrogen and oxygen atoms in total. The number of nitrogens with one attached hydrogen (secondary N) is 1. The molecule has 0 saturated carbocycles. The van der Waals surface area contributed by atoms with Gasteiger partial charge in [0.2, 0.25) is 5.95 Å². The second-order valence-electron chi connectivity index (χ2n) is 7.41. The average molecular weight is 362 g/mol. The third kappa shape index (κ3) is 2.68. The number of carbonyl (C=O) groups is 3. The van der Waals surface area contributed by atoms with Crippen molar-refractivity contribution in [2.24, 2.45) is 0 Å². The van der Waals surface area contributed by atoms with E-state index in [1.807, 2.05) is 18.2 Å². The Morgan fingerprint density at radius 1 is 1.04 bits per heavy atom. The Morgan fingerprint density at radius 3 is 2.52 bits per heavy atom. The van der Waals surface area contributed by atoms with Crippen molar-refractivity contribution < 1.29 is 14.4 Å². The van der Waals surface area contributed by atoms with E-state index in [1.54, 1.807) is 43.6 Å². The van der Waals surface area contributed by atoms with Crippen LogP contribution in [0.5, 0.6) is 0 Å². The summed E-state index contributed by atoms with van der Waals surface area (Å²) >= 11 is 0. The maximum atomic E-state index is 12.7. The molecular formula is C20H18N4O3. The number of imidazole rings is 1. The Hall–Kier alpha value is -3.48. The number of pyridine rings is 1. The van der Waals surface area contributed by atoms with Gasteiger partial charge in [-0.3, -0.25) is 29.0 Å². The number of rotatable bonds is 2. The predicted octanol–water partition coefficient (Wildman–Crippen LogP) is 2.98. The third-order valence-corrected chi connectivity index (χ3v) is 4.48. The average Bonchev–Trinajstić information content (AvgIpc) is 3.14. The van der Waals surface area contributed by atoms with Crippen molar-refractivity contribution in [1.82, 2.24) is 14.3 Å². The molecule has 0 fully saturated rings. The Bertz CT molecular complexity index is 1110. The summed E-state index contributed by atoms with van der Waals surface area (Å²) in [6, 6.07) is 10.1. The van der Waals surface area contributed by atoms with E-state index in [2.05, 4.69) is 10.3 Å². The molecule has 3 heterocycles. The minimum Gasteiger partial charge on any atom is -0.292 e. The zero-order chi connectivity index (χ0) is 19.3. The number of carbonyl (C=O) groups excluding carboxylic acids is 3. The van der Waals surface area contributed by atoms with Gasteiger partial charge in [-0.1, -0.05) is 6.07 Å². The van der Waals surface area contributed by atoms with Crippen molar-refractivity contribution in [1.29, 1.82) is 0 Å². The van der Waals surface area contributed by atoms with Gasteiger partial charge in [-0.2, -0.15) is 0 Å². The molecule has 1 N–H and O–H groups in total. The van der Waals surface area contributed by atoms with Crippen LogP contribution in [0.3, 0.4) is 0 Å². The van der Waals surface area contributed by atoms with Crippen LogP contribution in [-0.2, 0) is 0 Å². The molecule has 27 heavy (non-hydrogen) atoms. The molecule has 1 aromatic carbocycles. The van der Waals surface area contributed by atoms with E-state index >= 15 is 0 Å². The highest BCUT2D eigenvalue weighted by Crippen LogP contribution is 2.30. The maximum absolute atomic E-state index is 12.7. The van der Waals surface area contributed by atoms with Crippen molar-refractivity contribution in [3.8, 4) is 0 Å². The first-order valence-electron chi connectivity index (χ1n) is 8.54. The molecular weight excluding hydrogens is 344 g/mol. The number of aromatic nitrogens is 2. The van der Waals surface area contributed by atoms with Crippen LogP contribution in [0, 0.1) is 0 Å². The van der Waals surface area contributed by atoms with E-state index in [0.717, 1.165) is 5.52 Å². The van der Waals surface area contributed by atoms with Gasteiger partial charge in [0.05, 0.1) is 22.8 Å². The first-order chi connectivity index (χ1) is 12.8. The van der Waals surface area contributed by atoms with E-state index in [4.69, 9.17) is 0 Å². The second kappa shape index (κ2) is 5.77. The minimum absolute atomic E-state index is 0.246. The summed E-state index contributed by atoms with van der Waals surface area (Å²) < 4.78 is 1.75. The summed E-state index contributed by atoms with van der Waals surface area (Å²) in [5.41, 5.74) is 1.07. The maximum Gasteiger partial charge on any atom is 0.262 e. The van der Waals surface area contributed by atoms with Gasteiger partial charge >= 0.3 is 0 Å². The molecule has 136 valence electrons. The van der Waals surface area contributed by atoms with Crippen LogP contribution in [-0.4, -0.2) is 37.5 Å². The number of fused-ring (bicyclic) bond motifs is 2. The SMILES string of the molecule is CC(C)(C)N1C(=O)c2ccc(C(=O)Nc3ncc4ccccn34)cc2C1=O. The lowest BCUT2D eigenvalue weighted by atomic mass is 10.1. The van der Waals surface area contributed by atoms with Crippen LogP contribution in [0.4, 0.5) is 5.95 Å². The summed E-state index contributed by atoms with van der Waals surface area (Å²) in [4.78, 5) is 43.3. The lowest BCUT2D eigenvalue weighted by molar-refractivity contribution is 0.0507. The van der Waals surface area contributed by atoms with Gasteiger partial charge < -0.3 is 0 Å². The van der Waals surface area contributed by atoms with Crippen LogP contribution in [0.25, 0.3) is 5.52 Å². The normalized spacial score (nSPS) is 14.0. The lowest BCUT2D eigenvalue weighted by Crippen LogP contribution is -2.45. The molecule has 7 heteroatoms. The summed E-state index contributed by atoms with van der Waals surface area (Å²) in [6.07, 6.45) is 3.45. The molecule has 0 bridgehead atoms. The number of benzene rings is 1. The summed E-state index contributed by atoms with van der Waals surface area (Å²) in [6.45, 7) is 5.39. The molecule has 2 aromatic heterocycles. The molecule has 0 radical (unpaired) electrons. The first kappa shape index (κ1) is 17.0. The fourth-order valence-corrected chi connectivity index (χ4v) is 3.20. The third-order valence-electron chi connectivity index (χ3n) is 4.48. The van der Waals surface area contributed by atoms with Crippen molar-refractivity contribution in [2.75, 3.05) is 5.32 Å². The number of imide groups is 1. The van der Waals surface area contributed by atoms with Crippen LogP contribution in [0.15, 0.2) is 48.8 Å². The van der Waals surface area contributed by atoms with Gasteiger partial charge in [0.25, 0.3) is 17.7 Å². The topological polar surface area (TPSA) is 83.8 Å². The van der Waals surface area contributed by atoms with Crippen LogP contribution in [0.2, 0.25) is 0 Å². The highest BCUT2D eigenvalue weighted by atomic mass is 16.2.